The Bertz CT molecular complexity index is 973. The molecule has 9 heteroatoms. The third kappa shape index (κ3) is 7.67. The minimum Gasteiger partial charge on any atom is -0.491 e. The van der Waals surface area contributed by atoms with Crippen molar-refractivity contribution in [3.8, 4) is 5.75 Å². The van der Waals surface area contributed by atoms with Crippen LogP contribution in [-0.4, -0.2) is 86.5 Å². The molecule has 2 amide bonds. The molecule has 1 atom stereocenters. The van der Waals surface area contributed by atoms with Gasteiger partial charge in [-0.3, -0.25) is 9.59 Å². The molecule has 8 nitrogen and oxygen atoms in total. The number of fused-ring (bicyclic) bond motifs is 1. The molecule has 2 aliphatic heterocycles. The number of piperidine rings is 1. The van der Waals surface area contributed by atoms with Crippen molar-refractivity contribution >= 4 is 21.8 Å². The first-order chi connectivity index (χ1) is 16.6. The highest BCUT2D eigenvalue weighted by Gasteiger charge is 2.31. The van der Waals surface area contributed by atoms with E-state index in [9.17, 15) is 18.0 Å². The molecule has 0 aromatic heterocycles. The van der Waals surface area contributed by atoms with E-state index in [2.05, 4.69) is 13.8 Å². The monoisotopic (exact) mass is 507 g/mol. The Labute approximate surface area is 210 Å². The zero-order valence-corrected chi connectivity index (χ0v) is 22.4. The summed E-state index contributed by atoms with van der Waals surface area (Å²) in [6.07, 6.45) is 5.53. The van der Waals surface area contributed by atoms with E-state index in [4.69, 9.17) is 4.74 Å². The van der Waals surface area contributed by atoms with E-state index in [-0.39, 0.29) is 23.8 Å². The molecular weight excluding hydrogens is 466 g/mol. The molecule has 0 unspecified atom stereocenters. The lowest BCUT2D eigenvalue weighted by Crippen LogP contribution is -2.46. The maximum Gasteiger partial charge on any atom is 0.257 e. The van der Waals surface area contributed by atoms with Gasteiger partial charge in [0.1, 0.15) is 12.4 Å². The molecule has 2 heterocycles. The molecule has 0 spiro atoms. The van der Waals surface area contributed by atoms with Gasteiger partial charge < -0.3 is 14.5 Å². The second-order valence-electron chi connectivity index (χ2n) is 10.4. The van der Waals surface area contributed by atoms with Crippen molar-refractivity contribution in [3.63, 3.8) is 0 Å². The van der Waals surface area contributed by atoms with Crippen molar-refractivity contribution in [1.29, 1.82) is 0 Å². The quantitative estimate of drug-likeness (QED) is 0.611. The van der Waals surface area contributed by atoms with Crippen LogP contribution in [0.3, 0.4) is 0 Å². The second kappa shape index (κ2) is 12.2. The van der Waals surface area contributed by atoms with Gasteiger partial charge in [0.2, 0.25) is 15.9 Å². The summed E-state index contributed by atoms with van der Waals surface area (Å²) in [5.74, 6) is 1.20. The average molecular weight is 508 g/mol. The molecule has 0 radical (unpaired) electrons. The van der Waals surface area contributed by atoms with Gasteiger partial charge >= 0.3 is 0 Å². The van der Waals surface area contributed by atoms with Crippen molar-refractivity contribution in [2.75, 3.05) is 46.1 Å². The lowest BCUT2D eigenvalue weighted by atomic mass is 9.93. The van der Waals surface area contributed by atoms with Gasteiger partial charge in [-0.1, -0.05) is 26.0 Å². The van der Waals surface area contributed by atoms with Crippen LogP contribution in [0, 0.1) is 11.8 Å². The summed E-state index contributed by atoms with van der Waals surface area (Å²) in [5.41, 5.74) is 0.550. The summed E-state index contributed by atoms with van der Waals surface area (Å²) >= 11 is 0. The number of benzene rings is 1. The summed E-state index contributed by atoms with van der Waals surface area (Å²) in [6.45, 7) is 6.83. The number of para-hydroxylation sites is 1. The van der Waals surface area contributed by atoms with Crippen LogP contribution < -0.4 is 4.74 Å². The maximum atomic E-state index is 13.6. The van der Waals surface area contributed by atoms with E-state index in [1.165, 1.54) is 10.6 Å². The summed E-state index contributed by atoms with van der Waals surface area (Å²) in [5, 5.41) is 0. The zero-order chi connectivity index (χ0) is 25.6. The number of hydrogen-bond donors (Lipinski definition) is 0. The molecule has 0 saturated carbocycles. The molecule has 0 aliphatic carbocycles. The maximum absolute atomic E-state index is 13.6. The molecule has 35 heavy (non-hydrogen) atoms. The summed E-state index contributed by atoms with van der Waals surface area (Å²) in [7, 11) is -1.38. The van der Waals surface area contributed by atoms with Gasteiger partial charge in [-0.2, -0.15) is 0 Å². The van der Waals surface area contributed by atoms with Crippen LogP contribution in [0.1, 0.15) is 62.7 Å². The smallest absolute Gasteiger partial charge is 0.257 e. The minimum absolute atomic E-state index is 0.0463. The Hall–Kier alpha value is -2.13. The van der Waals surface area contributed by atoms with Crippen LogP contribution in [0.2, 0.25) is 0 Å². The van der Waals surface area contributed by atoms with Crippen LogP contribution in [0.5, 0.6) is 5.75 Å². The number of sulfonamides is 1. The van der Waals surface area contributed by atoms with Crippen molar-refractivity contribution in [3.05, 3.63) is 29.8 Å². The Morgan fingerprint density at radius 3 is 2.40 bits per heavy atom. The predicted molar refractivity (Wildman–Crippen MR) is 137 cm³/mol. The van der Waals surface area contributed by atoms with Gasteiger partial charge in [0.25, 0.3) is 5.91 Å². The normalized spacial score (nSPS) is 21.7. The number of hydrogen-bond acceptors (Lipinski definition) is 5. The van der Waals surface area contributed by atoms with Gasteiger partial charge in [-0.15, -0.1) is 0 Å². The number of amides is 2. The first-order valence-electron chi connectivity index (χ1n) is 12.8. The fourth-order valence-electron chi connectivity index (χ4n) is 5.04. The van der Waals surface area contributed by atoms with Crippen molar-refractivity contribution < 1.29 is 22.7 Å². The molecule has 0 N–H and O–H groups in total. The second-order valence-corrected chi connectivity index (χ2v) is 12.4. The van der Waals surface area contributed by atoms with E-state index < -0.39 is 10.0 Å². The van der Waals surface area contributed by atoms with Crippen LogP contribution >= 0.6 is 0 Å². The highest BCUT2D eigenvalue weighted by molar-refractivity contribution is 7.88. The standard InChI is InChI=1S/C26H41N3O5S/c1-20(2)17-22-19-34-24-10-6-5-9-23(24)26(31)27(3)13-7-8-14-29(22)25(30)18-21-11-15-28(16-12-21)35(4,32)33/h5-6,9-10,20-22H,7-8,11-19H2,1-4H3/t22-/m0/s1. The third-order valence-corrected chi connectivity index (χ3v) is 8.35. The average Bonchev–Trinajstić information content (AvgIpc) is 2.80. The number of carbonyl (C=O) groups excluding carboxylic acids is 2. The highest BCUT2D eigenvalue weighted by Crippen LogP contribution is 2.26. The van der Waals surface area contributed by atoms with Gasteiger partial charge in [0, 0.05) is 39.6 Å². The Morgan fingerprint density at radius 2 is 1.74 bits per heavy atom. The first kappa shape index (κ1) is 27.5. The number of nitrogens with zero attached hydrogens (tertiary/aromatic N) is 3. The molecular formula is C26H41N3O5S. The van der Waals surface area contributed by atoms with Crippen molar-refractivity contribution in [1.82, 2.24) is 14.1 Å². The summed E-state index contributed by atoms with van der Waals surface area (Å²) in [6, 6.07) is 7.24. The molecule has 2 aliphatic rings. The highest BCUT2D eigenvalue weighted by atomic mass is 32.2. The lowest BCUT2D eigenvalue weighted by molar-refractivity contribution is -0.136. The van der Waals surface area contributed by atoms with Gasteiger partial charge in [0.05, 0.1) is 17.9 Å². The number of rotatable bonds is 5. The number of carbonyl (C=O) groups is 2. The summed E-state index contributed by atoms with van der Waals surface area (Å²) < 4.78 is 31.4. The topological polar surface area (TPSA) is 87.2 Å². The van der Waals surface area contributed by atoms with Crippen LogP contribution in [-0.2, 0) is 14.8 Å². The van der Waals surface area contributed by atoms with Crippen molar-refractivity contribution in [2.45, 2.75) is 58.4 Å². The lowest BCUT2D eigenvalue weighted by Gasteiger charge is -2.36. The van der Waals surface area contributed by atoms with Crippen molar-refractivity contribution in [2.24, 2.45) is 11.8 Å². The van der Waals surface area contributed by atoms with Crippen LogP contribution in [0.25, 0.3) is 0 Å². The minimum atomic E-state index is -3.18. The van der Waals surface area contributed by atoms with E-state index in [0.717, 1.165) is 19.3 Å². The van der Waals surface area contributed by atoms with Gasteiger partial charge in [-0.05, 0) is 56.1 Å². The molecule has 0 bridgehead atoms. The van der Waals surface area contributed by atoms with E-state index in [1.54, 1.807) is 18.0 Å². The first-order valence-corrected chi connectivity index (χ1v) is 14.6. The molecule has 1 fully saturated rings. The van der Waals surface area contributed by atoms with Crippen LogP contribution in [0.15, 0.2) is 24.3 Å². The molecule has 196 valence electrons. The Balaban J connectivity index is 1.76. The fraction of sp³-hybridized carbons (Fsp3) is 0.692. The molecule has 1 saturated heterocycles. The van der Waals surface area contributed by atoms with Gasteiger partial charge in [-0.25, -0.2) is 12.7 Å². The fourth-order valence-corrected chi connectivity index (χ4v) is 5.92. The molecule has 1 aromatic carbocycles. The van der Waals surface area contributed by atoms with E-state index in [1.807, 2.05) is 23.1 Å². The Kier molecular flexibility index (Phi) is 9.58. The zero-order valence-electron chi connectivity index (χ0n) is 21.6. The number of ether oxygens (including phenoxy) is 1. The summed E-state index contributed by atoms with van der Waals surface area (Å²) in [4.78, 5) is 30.2. The van der Waals surface area contributed by atoms with Crippen LogP contribution in [0.4, 0.5) is 0 Å². The predicted octanol–water partition coefficient (Wildman–Crippen LogP) is 3.24. The van der Waals surface area contributed by atoms with Gasteiger partial charge in [0.15, 0.2) is 0 Å². The molecule has 3 rings (SSSR count). The van der Waals surface area contributed by atoms with E-state index in [0.29, 0.717) is 69.3 Å². The Morgan fingerprint density at radius 1 is 1.09 bits per heavy atom. The largest absolute Gasteiger partial charge is 0.491 e. The third-order valence-electron chi connectivity index (χ3n) is 7.05. The van der Waals surface area contributed by atoms with E-state index >= 15 is 0 Å². The SMILES string of the molecule is CC(C)C[C@H]1COc2ccccc2C(=O)N(C)CCCCN1C(=O)CC1CCN(S(C)(=O)=O)CC1. The molecule has 1 aromatic rings.